The predicted octanol–water partition coefficient (Wildman–Crippen LogP) is 3.55. The minimum absolute atomic E-state index is 0.132. The van der Waals surface area contributed by atoms with Gasteiger partial charge in [-0.15, -0.1) is 0 Å². The third-order valence-corrected chi connectivity index (χ3v) is 4.35. The van der Waals surface area contributed by atoms with Gasteiger partial charge in [0.2, 0.25) is 0 Å². The molecule has 138 valence electrons. The van der Waals surface area contributed by atoms with Crippen LogP contribution in [0.4, 0.5) is 19.0 Å². The molecular formula is C17H16ClF3N4O. The van der Waals surface area contributed by atoms with Crippen molar-refractivity contribution in [3.05, 3.63) is 52.9 Å². The van der Waals surface area contributed by atoms with Gasteiger partial charge in [-0.3, -0.25) is 4.79 Å². The van der Waals surface area contributed by atoms with Gasteiger partial charge in [-0.25, -0.2) is 9.97 Å². The van der Waals surface area contributed by atoms with Crippen LogP contribution in [0.1, 0.15) is 28.8 Å². The lowest BCUT2D eigenvalue weighted by Crippen LogP contribution is -2.48. The van der Waals surface area contributed by atoms with E-state index < -0.39 is 11.7 Å². The fraction of sp³-hybridized carbons (Fsp3) is 0.353. The average molecular weight is 385 g/mol. The van der Waals surface area contributed by atoms with E-state index in [9.17, 15) is 18.0 Å². The van der Waals surface area contributed by atoms with Crippen LogP contribution in [0.15, 0.2) is 36.7 Å². The number of rotatable bonds is 3. The average Bonchev–Trinajstić information content (AvgIpc) is 2.61. The first-order valence-corrected chi connectivity index (χ1v) is 8.41. The summed E-state index contributed by atoms with van der Waals surface area (Å²) in [4.78, 5) is 21.9. The number of alkyl halides is 3. The highest BCUT2D eigenvalue weighted by atomic mass is 35.5. The maximum absolute atomic E-state index is 12.6. The fourth-order valence-electron chi connectivity index (χ4n) is 2.86. The van der Waals surface area contributed by atoms with E-state index in [0.29, 0.717) is 24.5 Å². The molecule has 1 aliphatic heterocycles. The first-order chi connectivity index (χ1) is 12.3. The minimum atomic E-state index is -4.41. The minimum Gasteiger partial charge on any atom is -0.355 e. The van der Waals surface area contributed by atoms with Crippen molar-refractivity contribution >= 4 is 23.3 Å². The van der Waals surface area contributed by atoms with E-state index in [1.165, 1.54) is 18.3 Å². The van der Waals surface area contributed by atoms with Crippen molar-refractivity contribution < 1.29 is 18.0 Å². The molecule has 2 aromatic heterocycles. The van der Waals surface area contributed by atoms with Gasteiger partial charge in [0.1, 0.15) is 11.0 Å². The van der Waals surface area contributed by atoms with Gasteiger partial charge in [-0.05, 0) is 37.1 Å². The Morgan fingerprint density at radius 3 is 2.73 bits per heavy atom. The van der Waals surface area contributed by atoms with Gasteiger partial charge in [-0.1, -0.05) is 11.6 Å². The van der Waals surface area contributed by atoms with Crippen molar-refractivity contribution in [2.75, 3.05) is 18.0 Å². The van der Waals surface area contributed by atoms with E-state index in [0.717, 1.165) is 25.1 Å². The Kier molecular flexibility index (Phi) is 5.31. The van der Waals surface area contributed by atoms with Gasteiger partial charge in [0.15, 0.2) is 0 Å². The van der Waals surface area contributed by atoms with Crippen LogP contribution in [0.25, 0.3) is 0 Å². The molecule has 5 nitrogen and oxygen atoms in total. The molecule has 0 saturated carbocycles. The fourth-order valence-corrected chi connectivity index (χ4v) is 3.03. The zero-order valence-corrected chi connectivity index (χ0v) is 14.4. The molecule has 26 heavy (non-hydrogen) atoms. The summed E-state index contributed by atoms with van der Waals surface area (Å²) >= 11 is 5.79. The summed E-state index contributed by atoms with van der Waals surface area (Å²) < 4.78 is 37.9. The Balaban J connectivity index is 1.65. The van der Waals surface area contributed by atoms with Gasteiger partial charge in [0.05, 0.1) is 5.56 Å². The van der Waals surface area contributed by atoms with Crippen LogP contribution >= 0.6 is 11.6 Å². The standard InChI is InChI=1S/C17H16ClF3N4O/c18-14-8-11(5-6-22-14)16(26)24-13-2-1-7-25(10-13)15-4-3-12(9-23-15)17(19,20)21/h3-6,8-9,13H,1-2,7,10H2,(H,24,26)/t13-/m0/s1. The van der Waals surface area contributed by atoms with Crippen LogP contribution in [-0.4, -0.2) is 35.0 Å². The highest BCUT2D eigenvalue weighted by molar-refractivity contribution is 6.29. The van der Waals surface area contributed by atoms with Crippen LogP contribution in [-0.2, 0) is 6.18 Å². The molecule has 0 unspecified atom stereocenters. The number of amides is 1. The van der Waals surface area contributed by atoms with E-state index in [4.69, 9.17) is 11.6 Å². The molecule has 0 radical (unpaired) electrons. The summed E-state index contributed by atoms with van der Waals surface area (Å²) in [6, 6.07) is 5.29. The summed E-state index contributed by atoms with van der Waals surface area (Å²) in [7, 11) is 0. The molecule has 0 bridgehead atoms. The number of pyridine rings is 2. The number of piperidine rings is 1. The quantitative estimate of drug-likeness (QED) is 0.822. The molecular weight excluding hydrogens is 369 g/mol. The Morgan fingerprint density at radius 2 is 2.08 bits per heavy atom. The molecule has 3 rings (SSSR count). The molecule has 1 atom stereocenters. The van der Waals surface area contributed by atoms with Crippen molar-refractivity contribution in [3.63, 3.8) is 0 Å². The van der Waals surface area contributed by atoms with Crippen molar-refractivity contribution in [2.24, 2.45) is 0 Å². The zero-order valence-electron chi connectivity index (χ0n) is 13.6. The maximum atomic E-state index is 12.6. The normalized spacial score (nSPS) is 17.8. The Hall–Kier alpha value is -2.35. The number of nitrogens with zero attached hydrogens (tertiary/aromatic N) is 3. The number of carbonyl (C=O) groups excluding carboxylic acids is 1. The molecule has 0 aromatic carbocycles. The molecule has 1 amide bonds. The number of carbonyl (C=O) groups is 1. The van der Waals surface area contributed by atoms with Gasteiger partial charge < -0.3 is 10.2 Å². The van der Waals surface area contributed by atoms with E-state index in [2.05, 4.69) is 15.3 Å². The Bertz CT molecular complexity index is 782. The third kappa shape index (κ3) is 4.43. The first-order valence-electron chi connectivity index (χ1n) is 8.03. The van der Waals surface area contributed by atoms with Crippen LogP contribution < -0.4 is 10.2 Å². The molecule has 1 N–H and O–H groups in total. The van der Waals surface area contributed by atoms with Gasteiger partial charge in [0, 0.05) is 37.1 Å². The Labute approximate surface area is 153 Å². The maximum Gasteiger partial charge on any atom is 0.417 e. The van der Waals surface area contributed by atoms with Crippen LogP contribution in [0.2, 0.25) is 5.15 Å². The lowest BCUT2D eigenvalue weighted by molar-refractivity contribution is -0.137. The van der Waals surface area contributed by atoms with Gasteiger partial charge in [0.25, 0.3) is 5.91 Å². The second-order valence-corrected chi connectivity index (χ2v) is 6.42. The highest BCUT2D eigenvalue weighted by Gasteiger charge is 2.31. The molecule has 9 heteroatoms. The summed E-state index contributed by atoms with van der Waals surface area (Å²) in [5.74, 6) is 0.199. The zero-order chi connectivity index (χ0) is 18.7. The first kappa shape index (κ1) is 18.4. The smallest absolute Gasteiger partial charge is 0.355 e. The lowest BCUT2D eigenvalue weighted by atomic mass is 10.0. The monoisotopic (exact) mass is 384 g/mol. The van der Waals surface area contributed by atoms with Crippen molar-refractivity contribution in [1.29, 1.82) is 0 Å². The third-order valence-electron chi connectivity index (χ3n) is 4.14. The molecule has 0 aliphatic carbocycles. The lowest BCUT2D eigenvalue weighted by Gasteiger charge is -2.34. The summed E-state index contributed by atoms with van der Waals surface area (Å²) in [6.07, 6.45) is -0.546. The summed E-state index contributed by atoms with van der Waals surface area (Å²) in [5, 5.41) is 3.16. The summed E-state index contributed by atoms with van der Waals surface area (Å²) in [6.45, 7) is 1.15. The van der Waals surface area contributed by atoms with Gasteiger partial charge in [-0.2, -0.15) is 13.2 Å². The van der Waals surface area contributed by atoms with E-state index in [1.54, 1.807) is 6.07 Å². The Morgan fingerprint density at radius 1 is 1.27 bits per heavy atom. The van der Waals surface area contributed by atoms with E-state index in [-0.39, 0.29) is 17.1 Å². The van der Waals surface area contributed by atoms with Crippen molar-refractivity contribution in [3.8, 4) is 0 Å². The van der Waals surface area contributed by atoms with Crippen LogP contribution in [0.3, 0.4) is 0 Å². The molecule has 1 aliphatic rings. The van der Waals surface area contributed by atoms with Crippen LogP contribution in [0, 0.1) is 0 Å². The van der Waals surface area contributed by atoms with Crippen molar-refractivity contribution in [1.82, 2.24) is 15.3 Å². The predicted molar refractivity (Wildman–Crippen MR) is 91.2 cm³/mol. The molecule has 3 heterocycles. The highest BCUT2D eigenvalue weighted by Crippen LogP contribution is 2.29. The molecule has 0 spiro atoms. The molecule has 1 fully saturated rings. The second kappa shape index (κ2) is 7.49. The summed E-state index contributed by atoms with van der Waals surface area (Å²) in [5.41, 5.74) is -0.368. The number of halogens is 4. The van der Waals surface area contributed by atoms with E-state index >= 15 is 0 Å². The SMILES string of the molecule is O=C(N[C@H]1CCCN(c2ccc(C(F)(F)F)cn2)C1)c1ccnc(Cl)c1. The molecule has 1 saturated heterocycles. The van der Waals surface area contributed by atoms with E-state index in [1.807, 2.05) is 4.90 Å². The molecule has 2 aromatic rings. The second-order valence-electron chi connectivity index (χ2n) is 6.03. The van der Waals surface area contributed by atoms with Crippen molar-refractivity contribution in [2.45, 2.75) is 25.1 Å². The number of hydrogen-bond acceptors (Lipinski definition) is 4. The number of hydrogen-bond donors (Lipinski definition) is 1. The largest absolute Gasteiger partial charge is 0.417 e. The number of nitrogens with one attached hydrogen (secondary N) is 1. The number of aromatic nitrogens is 2. The number of anilines is 1. The topological polar surface area (TPSA) is 58.1 Å². The van der Waals surface area contributed by atoms with Gasteiger partial charge >= 0.3 is 6.18 Å². The van der Waals surface area contributed by atoms with Crippen LogP contribution in [0.5, 0.6) is 0 Å².